The molecule has 2 atom stereocenters. The first-order valence-corrected chi connectivity index (χ1v) is 11.0. The van der Waals surface area contributed by atoms with Gasteiger partial charge in [0.15, 0.2) is 0 Å². The molecule has 1 fully saturated rings. The summed E-state index contributed by atoms with van der Waals surface area (Å²) in [7, 11) is 1.48. The fraction of sp³-hybridized carbons (Fsp3) is 0.500. The number of carbonyl (C=O) groups is 1. The predicted molar refractivity (Wildman–Crippen MR) is 113 cm³/mol. The van der Waals surface area contributed by atoms with E-state index < -0.39 is 10.0 Å². The lowest BCUT2D eigenvalue weighted by Crippen LogP contribution is -2.32. The summed E-state index contributed by atoms with van der Waals surface area (Å²) in [5.41, 5.74) is 3.18. The number of benzene rings is 1. The van der Waals surface area contributed by atoms with Gasteiger partial charge in [0.05, 0.1) is 32.1 Å². The Balaban J connectivity index is 0.00000101. The standard InChI is InChI=1S/C19H27N3O4S.CH2O2/c1-13-14(2)18(25-5)7-6-16(13)19-20-8-9-22(19)17-11-26-10-15(17)12-27(23,24)21(3)4;2-1-3/h6-9,15,17H,10-12H2,1-5H3;1H,(H,2,3)/t15-,17+;/m0./s1. The smallest absolute Gasteiger partial charge is 0.290 e. The van der Waals surface area contributed by atoms with Crippen molar-refractivity contribution in [1.82, 2.24) is 13.9 Å². The molecular weight excluding hydrogens is 410 g/mol. The monoisotopic (exact) mass is 439 g/mol. The molecule has 0 spiro atoms. The average molecular weight is 440 g/mol. The van der Waals surface area contributed by atoms with Crippen LogP contribution >= 0.6 is 0 Å². The van der Waals surface area contributed by atoms with Gasteiger partial charge in [-0.3, -0.25) is 4.79 Å². The summed E-state index contributed by atoms with van der Waals surface area (Å²) in [6.45, 7) is 4.72. The van der Waals surface area contributed by atoms with Crippen molar-refractivity contribution in [3.8, 4) is 17.1 Å². The number of aromatic nitrogens is 2. The van der Waals surface area contributed by atoms with Crippen molar-refractivity contribution in [2.75, 3.05) is 40.2 Å². The van der Waals surface area contributed by atoms with Crippen LogP contribution in [0.5, 0.6) is 5.75 Å². The third-order valence-electron chi connectivity index (χ3n) is 5.37. The molecule has 1 N–H and O–H groups in total. The van der Waals surface area contributed by atoms with Crippen LogP contribution in [0.15, 0.2) is 24.5 Å². The van der Waals surface area contributed by atoms with Crippen LogP contribution in [0.3, 0.4) is 0 Å². The molecule has 1 aromatic heterocycles. The lowest BCUT2D eigenvalue weighted by Gasteiger charge is -2.23. The first-order chi connectivity index (χ1) is 14.2. The van der Waals surface area contributed by atoms with E-state index in [2.05, 4.69) is 9.55 Å². The van der Waals surface area contributed by atoms with Crippen molar-refractivity contribution < 1.29 is 27.8 Å². The first-order valence-electron chi connectivity index (χ1n) is 9.41. The maximum atomic E-state index is 12.4. The summed E-state index contributed by atoms with van der Waals surface area (Å²) in [6, 6.07) is 3.87. The van der Waals surface area contributed by atoms with E-state index in [-0.39, 0.29) is 24.2 Å². The summed E-state index contributed by atoms with van der Waals surface area (Å²) >= 11 is 0. The van der Waals surface area contributed by atoms with Gasteiger partial charge in [0.1, 0.15) is 11.6 Å². The number of rotatable bonds is 6. The van der Waals surface area contributed by atoms with Crippen LogP contribution in [0.1, 0.15) is 17.2 Å². The third-order valence-corrected chi connectivity index (χ3v) is 7.33. The Bertz CT molecular complexity index is 971. The Labute approximate surface area is 177 Å². The fourth-order valence-corrected chi connectivity index (χ4v) is 4.68. The topological polar surface area (TPSA) is 111 Å². The van der Waals surface area contributed by atoms with Crippen LogP contribution in [0.25, 0.3) is 11.4 Å². The molecule has 0 unspecified atom stereocenters. The summed E-state index contributed by atoms with van der Waals surface area (Å²) in [4.78, 5) is 12.9. The zero-order valence-electron chi connectivity index (χ0n) is 17.9. The van der Waals surface area contributed by atoms with Gasteiger partial charge in [-0.05, 0) is 37.1 Å². The van der Waals surface area contributed by atoms with Crippen LogP contribution in [-0.2, 0) is 19.6 Å². The SMILES string of the molecule is COc1ccc(-c2nccn2[C@@H]2COC[C@H]2CS(=O)(=O)N(C)C)c(C)c1C.O=CO. The van der Waals surface area contributed by atoms with E-state index in [1.54, 1.807) is 27.4 Å². The Morgan fingerprint density at radius 3 is 2.57 bits per heavy atom. The summed E-state index contributed by atoms with van der Waals surface area (Å²) in [6.07, 6.45) is 3.66. The number of sulfonamides is 1. The molecule has 0 radical (unpaired) electrons. The summed E-state index contributed by atoms with van der Waals surface area (Å²) < 4.78 is 39.1. The van der Waals surface area contributed by atoms with E-state index in [0.717, 1.165) is 28.3 Å². The largest absolute Gasteiger partial charge is 0.496 e. The second kappa shape index (κ2) is 10.1. The molecule has 1 aromatic carbocycles. The van der Waals surface area contributed by atoms with E-state index in [0.29, 0.717) is 13.2 Å². The van der Waals surface area contributed by atoms with E-state index in [4.69, 9.17) is 19.4 Å². The molecule has 2 heterocycles. The molecular formula is C20H29N3O6S. The molecule has 9 nitrogen and oxygen atoms in total. The van der Waals surface area contributed by atoms with E-state index in [1.807, 2.05) is 32.2 Å². The third kappa shape index (κ3) is 5.00. The molecule has 0 amide bonds. The zero-order valence-corrected chi connectivity index (χ0v) is 18.7. The van der Waals surface area contributed by atoms with Crippen molar-refractivity contribution in [1.29, 1.82) is 0 Å². The van der Waals surface area contributed by atoms with E-state index in [1.165, 1.54) is 4.31 Å². The number of imidazole rings is 1. The molecule has 1 aliphatic heterocycles. The van der Waals surface area contributed by atoms with Gasteiger partial charge in [0.25, 0.3) is 6.47 Å². The fourth-order valence-electron chi connectivity index (χ4n) is 3.52. The molecule has 1 aliphatic rings. The molecule has 0 bridgehead atoms. The number of methoxy groups -OCH3 is 1. The minimum atomic E-state index is -3.30. The number of nitrogens with zero attached hydrogens (tertiary/aromatic N) is 3. The number of hydrogen-bond acceptors (Lipinski definition) is 6. The van der Waals surface area contributed by atoms with Crippen molar-refractivity contribution >= 4 is 16.5 Å². The van der Waals surface area contributed by atoms with Gasteiger partial charge in [0.2, 0.25) is 10.0 Å². The van der Waals surface area contributed by atoms with Crippen molar-refractivity contribution in [2.24, 2.45) is 5.92 Å². The van der Waals surface area contributed by atoms with E-state index >= 15 is 0 Å². The molecule has 3 rings (SSSR count). The van der Waals surface area contributed by atoms with Crippen LogP contribution in [0.2, 0.25) is 0 Å². The van der Waals surface area contributed by atoms with Gasteiger partial charge in [-0.2, -0.15) is 0 Å². The molecule has 166 valence electrons. The first kappa shape index (κ1) is 23.8. The Morgan fingerprint density at radius 1 is 1.30 bits per heavy atom. The quantitative estimate of drug-likeness (QED) is 0.685. The Morgan fingerprint density at radius 2 is 1.97 bits per heavy atom. The Hall–Kier alpha value is -2.43. The summed E-state index contributed by atoms with van der Waals surface area (Å²) in [5, 5.41) is 6.89. The van der Waals surface area contributed by atoms with Gasteiger partial charge < -0.3 is 19.1 Å². The highest BCUT2D eigenvalue weighted by Gasteiger charge is 2.35. The minimum Gasteiger partial charge on any atom is -0.496 e. The van der Waals surface area contributed by atoms with Crippen LogP contribution in [0.4, 0.5) is 0 Å². The zero-order chi connectivity index (χ0) is 22.5. The van der Waals surface area contributed by atoms with Crippen LogP contribution < -0.4 is 4.74 Å². The van der Waals surface area contributed by atoms with E-state index in [9.17, 15) is 8.42 Å². The van der Waals surface area contributed by atoms with Gasteiger partial charge in [-0.1, -0.05) is 0 Å². The molecule has 1 saturated heterocycles. The maximum absolute atomic E-state index is 12.4. The van der Waals surface area contributed by atoms with Crippen LogP contribution in [0, 0.1) is 19.8 Å². The number of hydrogen-bond donors (Lipinski definition) is 1. The minimum absolute atomic E-state index is 0.0584. The number of ether oxygens (including phenoxy) is 2. The van der Waals surface area contributed by atoms with Crippen molar-refractivity contribution in [3.05, 3.63) is 35.7 Å². The maximum Gasteiger partial charge on any atom is 0.290 e. The summed E-state index contributed by atoms with van der Waals surface area (Å²) in [5.74, 6) is 1.60. The normalized spacial score (nSPS) is 18.7. The van der Waals surface area contributed by atoms with Crippen LogP contribution in [-0.4, -0.2) is 74.0 Å². The molecule has 30 heavy (non-hydrogen) atoms. The second-order valence-corrected chi connectivity index (χ2v) is 9.48. The van der Waals surface area contributed by atoms with Crippen molar-refractivity contribution in [3.63, 3.8) is 0 Å². The number of carboxylic acid groups (broad SMARTS) is 1. The van der Waals surface area contributed by atoms with Gasteiger partial charge in [-0.25, -0.2) is 17.7 Å². The van der Waals surface area contributed by atoms with Gasteiger partial charge in [0, 0.05) is 38.0 Å². The lowest BCUT2D eigenvalue weighted by atomic mass is 10.0. The molecule has 2 aromatic rings. The lowest BCUT2D eigenvalue weighted by molar-refractivity contribution is -0.122. The molecule has 10 heteroatoms. The average Bonchev–Trinajstić information content (AvgIpc) is 3.33. The molecule has 0 saturated carbocycles. The Kier molecular flexibility index (Phi) is 7.99. The highest BCUT2D eigenvalue weighted by molar-refractivity contribution is 7.89. The van der Waals surface area contributed by atoms with Gasteiger partial charge in [-0.15, -0.1) is 0 Å². The van der Waals surface area contributed by atoms with Crippen molar-refractivity contribution in [2.45, 2.75) is 19.9 Å². The van der Waals surface area contributed by atoms with Gasteiger partial charge >= 0.3 is 0 Å². The predicted octanol–water partition coefficient (Wildman–Crippen LogP) is 1.96. The highest BCUT2D eigenvalue weighted by Crippen LogP contribution is 2.35. The second-order valence-electron chi connectivity index (χ2n) is 7.25. The molecule has 0 aliphatic carbocycles. The highest BCUT2D eigenvalue weighted by atomic mass is 32.2.